The zero-order valence-corrected chi connectivity index (χ0v) is 20.6. The fourth-order valence-electron chi connectivity index (χ4n) is 3.47. The van der Waals surface area contributed by atoms with E-state index in [0.717, 1.165) is 21.8 Å². The third-order valence-electron chi connectivity index (χ3n) is 5.46. The van der Waals surface area contributed by atoms with Crippen LogP contribution in [0.2, 0.25) is 0 Å². The molecule has 0 bridgehead atoms. The molecule has 4 aromatic rings. The van der Waals surface area contributed by atoms with Crippen molar-refractivity contribution in [3.05, 3.63) is 100 Å². The minimum Gasteiger partial charge on any atom is -0.352 e. The second kappa shape index (κ2) is 10.2. The molecule has 0 aliphatic heterocycles. The van der Waals surface area contributed by atoms with E-state index in [-0.39, 0.29) is 10.8 Å². The number of benzene rings is 3. The molecule has 0 saturated carbocycles. The maximum absolute atomic E-state index is 12.9. The van der Waals surface area contributed by atoms with Gasteiger partial charge in [-0.15, -0.1) is 11.3 Å². The van der Waals surface area contributed by atoms with Crippen molar-refractivity contribution in [2.24, 2.45) is 0 Å². The lowest BCUT2D eigenvalue weighted by molar-refractivity contribution is 0.0954. The number of rotatable bonds is 8. The van der Waals surface area contributed by atoms with Crippen molar-refractivity contribution in [1.82, 2.24) is 10.3 Å². The molecule has 0 fully saturated rings. The predicted octanol–water partition coefficient (Wildman–Crippen LogP) is 4.92. The topological polar surface area (TPSA) is 79.4 Å². The van der Waals surface area contributed by atoms with Gasteiger partial charge in [0.15, 0.2) is 0 Å². The Bertz CT molecular complexity index is 1370. The van der Waals surface area contributed by atoms with Crippen molar-refractivity contribution in [1.29, 1.82) is 0 Å². The molecular formula is C26H25N3O3S2. The van der Waals surface area contributed by atoms with Gasteiger partial charge in [-0.3, -0.25) is 9.10 Å². The Kier molecular flexibility index (Phi) is 7.09. The molecular weight excluding hydrogens is 466 g/mol. The predicted molar refractivity (Wildman–Crippen MR) is 137 cm³/mol. The van der Waals surface area contributed by atoms with Gasteiger partial charge in [0.25, 0.3) is 15.9 Å². The number of nitrogens with zero attached hydrogens (tertiary/aromatic N) is 2. The molecule has 4 rings (SSSR count). The highest BCUT2D eigenvalue weighted by atomic mass is 32.2. The molecule has 34 heavy (non-hydrogen) atoms. The van der Waals surface area contributed by atoms with E-state index in [1.807, 2.05) is 42.6 Å². The van der Waals surface area contributed by atoms with Crippen LogP contribution < -0.4 is 9.62 Å². The number of amides is 1. The number of carbonyl (C=O) groups is 1. The summed E-state index contributed by atoms with van der Waals surface area (Å²) in [7, 11) is -2.20. The molecule has 0 atom stereocenters. The van der Waals surface area contributed by atoms with E-state index in [9.17, 15) is 13.2 Å². The van der Waals surface area contributed by atoms with Crippen LogP contribution in [0.5, 0.6) is 0 Å². The highest BCUT2D eigenvalue weighted by molar-refractivity contribution is 7.92. The zero-order chi connectivity index (χ0) is 24.1. The van der Waals surface area contributed by atoms with Gasteiger partial charge in [0, 0.05) is 30.1 Å². The normalized spacial score (nSPS) is 11.2. The summed E-state index contributed by atoms with van der Waals surface area (Å²) in [6.45, 7) is 2.46. The third-order valence-corrected chi connectivity index (χ3v) is 8.04. The van der Waals surface area contributed by atoms with Crippen LogP contribution in [0.3, 0.4) is 0 Å². The maximum Gasteiger partial charge on any atom is 0.264 e. The molecule has 0 aliphatic rings. The van der Waals surface area contributed by atoms with Crippen LogP contribution in [0, 0.1) is 6.92 Å². The molecule has 0 radical (unpaired) electrons. The summed E-state index contributed by atoms with van der Waals surface area (Å²) < 4.78 is 27.0. The Balaban J connectivity index is 1.33. The summed E-state index contributed by atoms with van der Waals surface area (Å²) in [5, 5.41) is 5.97. The van der Waals surface area contributed by atoms with E-state index in [2.05, 4.69) is 10.3 Å². The fraction of sp³-hybridized carbons (Fsp3) is 0.154. The van der Waals surface area contributed by atoms with Crippen LogP contribution in [-0.4, -0.2) is 32.9 Å². The molecule has 1 aromatic heterocycles. The molecule has 1 heterocycles. The van der Waals surface area contributed by atoms with Crippen molar-refractivity contribution >= 4 is 33.0 Å². The van der Waals surface area contributed by atoms with Crippen LogP contribution in [0.15, 0.2) is 89.1 Å². The lowest BCUT2D eigenvalue weighted by Crippen LogP contribution is -2.27. The lowest BCUT2D eigenvalue weighted by atomic mass is 10.1. The smallest absolute Gasteiger partial charge is 0.264 e. The van der Waals surface area contributed by atoms with Crippen molar-refractivity contribution in [3.63, 3.8) is 0 Å². The minimum absolute atomic E-state index is 0.130. The van der Waals surface area contributed by atoms with Crippen molar-refractivity contribution in [2.75, 3.05) is 17.9 Å². The Morgan fingerprint density at radius 2 is 1.65 bits per heavy atom. The molecule has 174 valence electrons. The van der Waals surface area contributed by atoms with Gasteiger partial charge in [0.05, 0.1) is 21.3 Å². The van der Waals surface area contributed by atoms with E-state index < -0.39 is 10.0 Å². The van der Waals surface area contributed by atoms with Gasteiger partial charge in [0.2, 0.25) is 0 Å². The number of thiazole rings is 1. The standard InChI is InChI=1S/C26H25N3O3S2/c1-19-28-25(18-33-19)21-10-8-20(9-11-21)16-17-27-26(30)22-12-14-24(15-13-22)34(31,32)29(2)23-6-4-3-5-7-23/h3-15,18H,16-17H2,1-2H3,(H,27,30). The molecule has 0 spiro atoms. The molecule has 0 unspecified atom stereocenters. The molecule has 3 aromatic carbocycles. The van der Waals surface area contributed by atoms with Gasteiger partial charge in [-0.25, -0.2) is 13.4 Å². The molecule has 0 saturated heterocycles. The fourth-order valence-corrected chi connectivity index (χ4v) is 5.29. The van der Waals surface area contributed by atoms with Crippen LogP contribution in [0.4, 0.5) is 5.69 Å². The van der Waals surface area contributed by atoms with E-state index in [4.69, 9.17) is 0 Å². The number of sulfonamides is 1. The summed E-state index contributed by atoms with van der Waals surface area (Å²) >= 11 is 1.63. The Labute approximate surface area is 204 Å². The molecule has 8 heteroatoms. The van der Waals surface area contributed by atoms with Crippen LogP contribution in [0.25, 0.3) is 11.3 Å². The second-order valence-corrected chi connectivity index (χ2v) is 10.8. The average Bonchev–Trinajstić information content (AvgIpc) is 3.30. The van der Waals surface area contributed by atoms with Gasteiger partial charge < -0.3 is 5.32 Å². The Morgan fingerprint density at radius 3 is 2.26 bits per heavy atom. The highest BCUT2D eigenvalue weighted by Gasteiger charge is 2.21. The van der Waals surface area contributed by atoms with Gasteiger partial charge in [-0.2, -0.15) is 0 Å². The van der Waals surface area contributed by atoms with Gasteiger partial charge >= 0.3 is 0 Å². The van der Waals surface area contributed by atoms with Gasteiger partial charge in [0.1, 0.15) is 0 Å². The lowest BCUT2D eigenvalue weighted by Gasteiger charge is -2.19. The number of hydrogen-bond donors (Lipinski definition) is 1. The van der Waals surface area contributed by atoms with E-state index >= 15 is 0 Å². The van der Waals surface area contributed by atoms with Crippen LogP contribution in [0.1, 0.15) is 20.9 Å². The van der Waals surface area contributed by atoms with Gasteiger partial charge in [-0.1, -0.05) is 42.5 Å². The molecule has 6 nitrogen and oxygen atoms in total. The monoisotopic (exact) mass is 491 g/mol. The number of aromatic nitrogens is 1. The van der Waals surface area contributed by atoms with Crippen LogP contribution in [-0.2, 0) is 16.4 Å². The minimum atomic E-state index is -3.71. The summed E-state index contributed by atoms with van der Waals surface area (Å²) in [5.74, 6) is -0.241. The maximum atomic E-state index is 12.9. The number of para-hydroxylation sites is 1. The van der Waals surface area contributed by atoms with Crippen molar-refractivity contribution in [3.8, 4) is 11.3 Å². The number of anilines is 1. The largest absolute Gasteiger partial charge is 0.352 e. The van der Waals surface area contributed by atoms with E-state index in [1.165, 1.54) is 35.6 Å². The number of hydrogen-bond acceptors (Lipinski definition) is 5. The molecule has 0 aliphatic carbocycles. The van der Waals surface area contributed by atoms with Crippen molar-refractivity contribution < 1.29 is 13.2 Å². The first kappa shape index (κ1) is 23.7. The second-order valence-electron chi connectivity index (χ2n) is 7.79. The molecule has 1 amide bonds. The SMILES string of the molecule is Cc1nc(-c2ccc(CCNC(=O)c3ccc(S(=O)(=O)N(C)c4ccccc4)cc3)cc2)cs1. The first-order chi connectivity index (χ1) is 16.3. The molecule has 1 N–H and O–H groups in total. The zero-order valence-electron chi connectivity index (χ0n) is 18.9. The summed E-state index contributed by atoms with van der Waals surface area (Å²) in [6, 6.07) is 23.0. The van der Waals surface area contributed by atoms with E-state index in [0.29, 0.717) is 24.2 Å². The highest BCUT2D eigenvalue weighted by Crippen LogP contribution is 2.23. The number of carbonyl (C=O) groups excluding carboxylic acids is 1. The summed E-state index contributed by atoms with van der Waals surface area (Å²) in [6.07, 6.45) is 0.691. The van der Waals surface area contributed by atoms with Gasteiger partial charge in [-0.05, 0) is 55.3 Å². The summed E-state index contributed by atoms with van der Waals surface area (Å²) in [5.41, 5.74) is 4.14. The van der Waals surface area contributed by atoms with Crippen LogP contribution >= 0.6 is 11.3 Å². The third kappa shape index (κ3) is 5.35. The first-order valence-electron chi connectivity index (χ1n) is 10.8. The van der Waals surface area contributed by atoms with Crippen molar-refractivity contribution in [2.45, 2.75) is 18.2 Å². The summed E-state index contributed by atoms with van der Waals surface area (Å²) in [4.78, 5) is 17.1. The quantitative estimate of drug-likeness (QED) is 0.380. The number of aryl methyl sites for hydroxylation is 1. The number of nitrogens with one attached hydrogen (secondary N) is 1. The average molecular weight is 492 g/mol. The Hall–Kier alpha value is -3.49. The Morgan fingerprint density at radius 1 is 0.971 bits per heavy atom. The van der Waals surface area contributed by atoms with E-state index in [1.54, 1.807) is 35.6 Å². The first-order valence-corrected chi connectivity index (χ1v) is 13.1.